The summed E-state index contributed by atoms with van der Waals surface area (Å²) in [5, 5.41) is 0. The molecule has 0 aliphatic rings. The third-order valence-electron chi connectivity index (χ3n) is 8.32. The van der Waals surface area contributed by atoms with E-state index in [4.69, 9.17) is 18.5 Å². The van der Waals surface area contributed by atoms with Crippen LogP contribution in [0, 0.1) is 0 Å². The molecule has 0 spiro atoms. The van der Waals surface area contributed by atoms with Crippen LogP contribution >= 0.6 is 7.82 Å². The molecular weight excluding hydrogens is 613 g/mol. The number of unbranched alkanes of at least 4 members (excludes halogenated alkanes) is 20. The zero-order valence-electron chi connectivity index (χ0n) is 31.5. The smallest absolute Gasteiger partial charge is 0.306 e. The summed E-state index contributed by atoms with van der Waals surface area (Å²) in [5.41, 5.74) is 0. The number of esters is 1. The first-order valence-electron chi connectivity index (χ1n) is 19.4. The zero-order chi connectivity index (χ0) is 34.9. The largest absolute Gasteiger partial charge is 0.756 e. The molecule has 0 aromatic heterocycles. The van der Waals surface area contributed by atoms with E-state index in [1.165, 1.54) is 116 Å². The molecule has 0 saturated heterocycles. The number of phosphoric acid groups is 1. The molecule has 47 heavy (non-hydrogen) atoms. The second kappa shape index (κ2) is 32.4. The van der Waals surface area contributed by atoms with Gasteiger partial charge in [0.15, 0.2) is 0 Å². The zero-order valence-corrected chi connectivity index (χ0v) is 32.4. The highest BCUT2D eigenvalue weighted by Crippen LogP contribution is 2.38. The van der Waals surface area contributed by atoms with E-state index in [0.29, 0.717) is 24.1 Å². The van der Waals surface area contributed by atoms with E-state index in [1.54, 1.807) is 0 Å². The van der Waals surface area contributed by atoms with Crippen molar-refractivity contribution in [3.05, 3.63) is 12.2 Å². The van der Waals surface area contributed by atoms with Gasteiger partial charge in [-0.3, -0.25) is 9.36 Å². The molecule has 2 atom stereocenters. The van der Waals surface area contributed by atoms with Crippen LogP contribution in [0.3, 0.4) is 0 Å². The maximum atomic E-state index is 12.5. The topological polar surface area (TPSA) is 94.1 Å². The Labute approximate surface area is 290 Å². The number of likely N-dealkylation sites (N-methyl/N-ethyl adjacent to an activating group) is 1. The van der Waals surface area contributed by atoms with Crippen LogP contribution in [0.25, 0.3) is 0 Å². The summed E-state index contributed by atoms with van der Waals surface area (Å²) in [6.07, 6.45) is 32.3. The van der Waals surface area contributed by atoms with Gasteiger partial charge in [0.05, 0.1) is 34.4 Å². The fourth-order valence-electron chi connectivity index (χ4n) is 5.25. The van der Waals surface area contributed by atoms with Crippen molar-refractivity contribution < 1.29 is 37.3 Å². The van der Waals surface area contributed by atoms with Crippen molar-refractivity contribution in [3.63, 3.8) is 0 Å². The van der Waals surface area contributed by atoms with E-state index in [9.17, 15) is 14.3 Å². The van der Waals surface area contributed by atoms with Gasteiger partial charge in [0, 0.05) is 13.0 Å². The number of phosphoric ester groups is 1. The highest BCUT2D eigenvalue weighted by molar-refractivity contribution is 7.45. The molecule has 0 bridgehead atoms. The summed E-state index contributed by atoms with van der Waals surface area (Å²) in [7, 11) is 1.36. The van der Waals surface area contributed by atoms with Gasteiger partial charge in [0.2, 0.25) is 0 Å². The fraction of sp³-hybridized carbons (Fsp3) is 0.921. The number of carbonyl (C=O) groups excluding carboxylic acids is 1. The highest BCUT2D eigenvalue weighted by atomic mass is 31.2. The fourth-order valence-corrected chi connectivity index (χ4v) is 5.97. The van der Waals surface area contributed by atoms with Crippen LogP contribution in [0.1, 0.15) is 168 Å². The molecule has 2 unspecified atom stereocenters. The van der Waals surface area contributed by atoms with Gasteiger partial charge in [-0.1, -0.05) is 135 Å². The number of quaternary nitrogens is 1. The Morgan fingerprint density at radius 2 is 1.11 bits per heavy atom. The number of hydrogen-bond acceptors (Lipinski definition) is 7. The number of carbonyl (C=O) groups is 1. The number of rotatable bonds is 36. The molecular formula is C38H76NO7P. The number of nitrogens with zero attached hydrogens (tertiary/aromatic N) is 1. The minimum Gasteiger partial charge on any atom is -0.756 e. The van der Waals surface area contributed by atoms with Crippen LogP contribution < -0.4 is 4.89 Å². The van der Waals surface area contributed by atoms with Crippen molar-refractivity contribution in [1.82, 2.24) is 0 Å². The maximum absolute atomic E-state index is 12.5. The van der Waals surface area contributed by atoms with Crippen molar-refractivity contribution in [1.29, 1.82) is 0 Å². The predicted octanol–water partition coefficient (Wildman–Crippen LogP) is 10.1. The maximum Gasteiger partial charge on any atom is 0.306 e. The van der Waals surface area contributed by atoms with Crippen LogP contribution in [0.15, 0.2) is 12.2 Å². The minimum absolute atomic E-state index is 0.0275. The second-order valence-electron chi connectivity index (χ2n) is 14.3. The SMILES string of the molecule is CCCCCCCCC/C=C\CCCCCCCCOCC(COP(=O)([O-])OCC[N+](C)(C)C)OC(=O)CCCCCCCCCC. The Balaban J connectivity index is 4.20. The van der Waals surface area contributed by atoms with E-state index in [1.807, 2.05) is 21.1 Å². The van der Waals surface area contributed by atoms with Gasteiger partial charge in [-0.25, -0.2) is 0 Å². The summed E-state index contributed by atoms with van der Waals surface area (Å²) in [4.78, 5) is 24.8. The lowest BCUT2D eigenvalue weighted by atomic mass is 10.1. The van der Waals surface area contributed by atoms with Gasteiger partial charge in [0.25, 0.3) is 7.82 Å². The average molecular weight is 690 g/mol. The van der Waals surface area contributed by atoms with Crippen LogP contribution in [0.5, 0.6) is 0 Å². The molecule has 9 heteroatoms. The van der Waals surface area contributed by atoms with E-state index in [-0.39, 0.29) is 25.8 Å². The lowest BCUT2D eigenvalue weighted by Crippen LogP contribution is -2.37. The van der Waals surface area contributed by atoms with Crippen molar-refractivity contribution in [2.45, 2.75) is 174 Å². The number of allylic oxidation sites excluding steroid dienone is 2. The average Bonchev–Trinajstić information content (AvgIpc) is 3.01. The quantitative estimate of drug-likeness (QED) is 0.0212. The van der Waals surface area contributed by atoms with E-state index in [2.05, 4.69) is 26.0 Å². The minimum atomic E-state index is -4.51. The monoisotopic (exact) mass is 690 g/mol. The standard InChI is InChI=1S/C38H76NO7P/c1-6-8-10-12-14-16-17-18-19-20-21-22-23-24-26-28-30-33-43-35-37(36-45-47(41,42)44-34-32-39(3,4)5)46-38(40)31-29-27-25-15-13-11-9-7-2/h19-20,37H,6-18,21-36H2,1-5H3/b20-19-. The Kier molecular flexibility index (Phi) is 31.9. The molecule has 0 aliphatic carbocycles. The Bertz CT molecular complexity index is 772. The van der Waals surface area contributed by atoms with Crippen LogP contribution in [0.4, 0.5) is 0 Å². The van der Waals surface area contributed by atoms with Gasteiger partial charge >= 0.3 is 5.97 Å². The number of ether oxygens (including phenoxy) is 2. The van der Waals surface area contributed by atoms with Gasteiger partial charge in [-0.05, 0) is 38.5 Å². The molecule has 0 amide bonds. The number of hydrogen-bond donors (Lipinski definition) is 0. The molecule has 0 rings (SSSR count). The van der Waals surface area contributed by atoms with Crippen LogP contribution in [-0.2, 0) is 27.9 Å². The van der Waals surface area contributed by atoms with Gasteiger partial charge < -0.3 is 27.9 Å². The van der Waals surface area contributed by atoms with Crippen molar-refractivity contribution in [2.24, 2.45) is 0 Å². The molecule has 0 aliphatic heterocycles. The van der Waals surface area contributed by atoms with Crippen molar-refractivity contribution in [2.75, 3.05) is 54.1 Å². The predicted molar refractivity (Wildman–Crippen MR) is 194 cm³/mol. The van der Waals surface area contributed by atoms with Gasteiger partial charge in [-0.2, -0.15) is 0 Å². The van der Waals surface area contributed by atoms with Crippen LogP contribution in [0.2, 0.25) is 0 Å². The highest BCUT2D eigenvalue weighted by Gasteiger charge is 2.20. The molecule has 8 nitrogen and oxygen atoms in total. The molecule has 0 saturated carbocycles. The first kappa shape index (κ1) is 46.2. The lowest BCUT2D eigenvalue weighted by molar-refractivity contribution is -0.870. The summed E-state index contributed by atoms with van der Waals surface area (Å²) in [5.74, 6) is -0.340. The molecule has 280 valence electrons. The molecule has 0 heterocycles. The second-order valence-corrected chi connectivity index (χ2v) is 15.7. The Morgan fingerprint density at radius 3 is 1.62 bits per heavy atom. The third kappa shape index (κ3) is 36.3. The normalized spacial score (nSPS) is 14.1. The third-order valence-corrected chi connectivity index (χ3v) is 9.28. The summed E-state index contributed by atoms with van der Waals surface area (Å²) < 4.78 is 34.4. The molecule has 0 aromatic rings. The summed E-state index contributed by atoms with van der Waals surface area (Å²) in [6, 6.07) is 0. The Hall–Kier alpha value is -0.760. The van der Waals surface area contributed by atoms with Crippen molar-refractivity contribution in [3.8, 4) is 0 Å². The van der Waals surface area contributed by atoms with E-state index < -0.39 is 13.9 Å². The first-order valence-corrected chi connectivity index (χ1v) is 20.9. The summed E-state index contributed by atoms with van der Waals surface area (Å²) >= 11 is 0. The lowest BCUT2D eigenvalue weighted by Gasteiger charge is -2.28. The first-order chi connectivity index (χ1) is 22.6. The van der Waals surface area contributed by atoms with Crippen LogP contribution in [-0.4, -0.2) is 70.7 Å². The molecule has 0 aromatic carbocycles. The van der Waals surface area contributed by atoms with Gasteiger partial charge in [-0.15, -0.1) is 0 Å². The van der Waals surface area contributed by atoms with E-state index >= 15 is 0 Å². The van der Waals surface area contributed by atoms with Crippen molar-refractivity contribution >= 4 is 13.8 Å². The van der Waals surface area contributed by atoms with Gasteiger partial charge in [0.1, 0.15) is 19.3 Å². The van der Waals surface area contributed by atoms with E-state index in [0.717, 1.165) is 32.1 Å². The molecule has 0 radical (unpaired) electrons. The molecule has 0 fully saturated rings. The summed E-state index contributed by atoms with van der Waals surface area (Å²) in [6.45, 7) is 5.37. The molecule has 0 N–H and O–H groups in total. The Morgan fingerprint density at radius 1 is 0.638 bits per heavy atom.